The summed E-state index contributed by atoms with van der Waals surface area (Å²) < 4.78 is 15.4. The van der Waals surface area contributed by atoms with Crippen molar-refractivity contribution in [1.29, 1.82) is 0 Å². The van der Waals surface area contributed by atoms with E-state index in [1.807, 2.05) is 30.3 Å². The second kappa shape index (κ2) is 9.86. The molecule has 0 radical (unpaired) electrons. The lowest BCUT2D eigenvalue weighted by molar-refractivity contribution is -0.123. The minimum Gasteiger partial charge on any atom is -0.349 e. The van der Waals surface area contributed by atoms with Gasteiger partial charge >= 0.3 is 5.69 Å². The minimum atomic E-state index is -0.932. The van der Waals surface area contributed by atoms with E-state index >= 15 is 0 Å². The fraction of sp³-hybridized carbons (Fsp3) is 0.217. The molecule has 0 aliphatic heterocycles. The molecule has 2 aromatic carbocycles. The van der Waals surface area contributed by atoms with Crippen molar-refractivity contribution in [2.24, 2.45) is 14.1 Å². The molecule has 0 saturated heterocycles. The maximum Gasteiger partial charge on any atom is 0.330 e. The highest BCUT2D eigenvalue weighted by Gasteiger charge is 2.22. The number of carbonyl (C=O) groups is 2. The lowest BCUT2D eigenvalue weighted by Crippen LogP contribution is -2.48. The van der Waals surface area contributed by atoms with Gasteiger partial charge in [-0.3, -0.25) is 23.5 Å². The summed E-state index contributed by atoms with van der Waals surface area (Å²) in [5.74, 6) is -1.49. The van der Waals surface area contributed by atoms with Crippen molar-refractivity contribution in [1.82, 2.24) is 19.8 Å². The topological polar surface area (TPSA) is 102 Å². The highest BCUT2D eigenvalue weighted by Crippen LogP contribution is 2.07. The lowest BCUT2D eigenvalue weighted by Gasteiger charge is -2.19. The van der Waals surface area contributed by atoms with E-state index in [9.17, 15) is 23.6 Å². The van der Waals surface area contributed by atoms with Crippen LogP contribution in [0.3, 0.4) is 0 Å². The molecule has 1 aromatic heterocycles. The Kier molecular flexibility index (Phi) is 6.99. The Balaban J connectivity index is 1.78. The molecule has 9 heteroatoms. The summed E-state index contributed by atoms with van der Waals surface area (Å²) in [6.07, 6.45) is 0.217. The maximum atomic E-state index is 13.2. The van der Waals surface area contributed by atoms with E-state index < -0.39 is 34.9 Å². The molecule has 3 rings (SSSR count). The van der Waals surface area contributed by atoms with E-state index in [0.29, 0.717) is 5.69 Å². The van der Waals surface area contributed by atoms with Crippen molar-refractivity contribution in [3.8, 4) is 0 Å². The van der Waals surface area contributed by atoms with Crippen LogP contribution in [0.1, 0.15) is 21.6 Å². The van der Waals surface area contributed by atoms with Gasteiger partial charge in [0.25, 0.3) is 11.5 Å². The summed E-state index contributed by atoms with van der Waals surface area (Å²) in [6, 6.07) is 14.5. The van der Waals surface area contributed by atoms with Crippen molar-refractivity contribution in [3.63, 3.8) is 0 Å². The zero-order chi connectivity index (χ0) is 23.3. The Bertz CT molecular complexity index is 1230. The van der Waals surface area contributed by atoms with E-state index in [4.69, 9.17) is 0 Å². The van der Waals surface area contributed by atoms with Crippen molar-refractivity contribution in [2.75, 3.05) is 0 Å². The first-order valence-corrected chi connectivity index (χ1v) is 9.90. The molecule has 0 aliphatic rings. The van der Waals surface area contributed by atoms with E-state index in [2.05, 4.69) is 10.6 Å². The molecule has 0 bridgehead atoms. The summed E-state index contributed by atoms with van der Waals surface area (Å²) >= 11 is 0. The number of rotatable bonds is 7. The van der Waals surface area contributed by atoms with Crippen LogP contribution in [0.4, 0.5) is 4.39 Å². The van der Waals surface area contributed by atoms with Gasteiger partial charge in [0.1, 0.15) is 11.9 Å². The van der Waals surface area contributed by atoms with Gasteiger partial charge in [0.2, 0.25) is 5.91 Å². The second-order valence-electron chi connectivity index (χ2n) is 7.31. The van der Waals surface area contributed by atoms with Gasteiger partial charge in [-0.2, -0.15) is 0 Å². The third kappa shape index (κ3) is 5.37. The van der Waals surface area contributed by atoms with Gasteiger partial charge in [0.05, 0.1) is 6.54 Å². The van der Waals surface area contributed by atoms with Crippen LogP contribution in [0.5, 0.6) is 0 Å². The molecule has 1 heterocycles. The van der Waals surface area contributed by atoms with Crippen LogP contribution < -0.4 is 21.9 Å². The number of benzene rings is 2. The smallest absolute Gasteiger partial charge is 0.330 e. The molecule has 3 aromatic rings. The average Bonchev–Trinajstić information content (AvgIpc) is 2.79. The summed E-state index contributed by atoms with van der Waals surface area (Å²) in [6.45, 7) is -0.0711. The number of nitrogens with zero attached hydrogens (tertiary/aromatic N) is 2. The summed E-state index contributed by atoms with van der Waals surface area (Å²) in [5, 5.41) is 5.35. The highest BCUT2D eigenvalue weighted by molar-refractivity contribution is 5.97. The number of hydrogen-bond acceptors (Lipinski definition) is 4. The summed E-state index contributed by atoms with van der Waals surface area (Å²) in [7, 11) is 2.87. The van der Waals surface area contributed by atoms with E-state index in [1.165, 1.54) is 36.9 Å². The molecule has 0 aliphatic carbocycles. The second-order valence-corrected chi connectivity index (χ2v) is 7.31. The molecule has 0 spiro atoms. The predicted octanol–water partition coefficient (Wildman–Crippen LogP) is 0.881. The first-order chi connectivity index (χ1) is 15.3. The Morgan fingerprint density at radius 1 is 0.969 bits per heavy atom. The fourth-order valence-corrected chi connectivity index (χ4v) is 3.15. The van der Waals surface area contributed by atoms with Gasteiger partial charge in [-0.15, -0.1) is 0 Å². The molecule has 1 atom stereocenters. The quantitative estimate of drug-likeness (QED) is 0.572. The summed E-state index contributed by atoms with van der Waals surface area (Å²) in [5.41, 5.74) is 0.379. The minimum absolute atomic E-state index is 0.0711. The monoisotopic (exact) mass is 438 g/mol. The van der Waals surface area contributed by atoms with Gasteiger partial charge in [-0.25, -0.2) is 9.18 Å². The van der Waals surface area contributed by atoms with E-state index in [1.54, 1.807) is 0 Å². The predicted molar refractivity (Wildman–Crippen MR) is 117 cm³/mol. The van der Waals surface area contributed by atoms with E-state index in [-0.39, 0.29) is 18.5 Å². The molecule has 2 amide bonds. The van der Waals surface area contributed by atoms with Crippen molar-refractivity contribution in [2.45, 2.75) is 19.0 Å². The summed E-state index contributed by atoms with van der Waals surface area (Å²) in [4.78, 5) is 49.5. The van der Waals surface area contributed by atoms with Crippen molar-refractivity contribution < 1.29 is 14.0 Å². The lowest BCUT2D eigenvalue weighted by atomic mass is 10.0. The normalized spacial score (nSPS) is 11.6. The molecule has 166 valence electrons. The Hall–Kier alpha value is -4.01. The van der Waals surface area contributed by atoms with Crippen LogP contribution >= 0.6 is 0 Å². The molecule has 1 unspecified atom stereocenters. The third-order valence-corrected chi connectivity index (χ3v) is 5.08. The van der Waals surface area contributed by atoms with Crippen LogP contribution in [-0.2, 0) is 31.9 Å². The number of amides is 2. The Morgan fingerprint density at radius 3 is 2.28 bits per heavy atom. The average molecular weight is 438 g/mol. The van der Waals surface area contributed by atoms with Gasteiger partial charge in [-0.1, -0.05) is 30.3 Å². The zero-order valence-corrected chi connectivity index (χ0v) is 17.7. The van der Waals surface area contributed by atoms with Crippen LogP contribution in [0.2, 0.25) is 0 Å². The number of nitrogens with one attached hydrogen (secondary N) is 2. The Morgan fingerprint density at radius 2 is 1.62 bits per heavy atom. The molecule has 32 heavy (non-hydrogen) atoms. The van der Waals surface area contributed by atoms with Crippen LogP contribution in [0.15, 0.2) is 70.3 Å². The fourth-order valence-electron chi connectivity index (χ4n) is 3.15. The number of halogens is 1. The maximum absolute atomic E-state index is 13.2. The number of hydrogen-bond donors (Lipinski definition) is 2. The van der Waals surface area contributed by atoms with Gasteiger partial charge in [0, 0.05) is 37.8 Å². The zero-order valence-electron chi connectivity index (χ0n) is 17.7. The van der Waals surface area contributed by atoms with Gasteiger partial charge in [-0.05, 0) is 29.8 Å². The molecule has 8 nitrogen and oxygen atoms in total. The highest BCUT2D eigenvalue weighted by atomic mass is 19.1. The van der Waals surface area contributed by atoms with Gasteiger partial charge < -0.3 is 10.6 Å². The standard InChI is InChI=1S/C23H23FN4O4/c1-27-18(13-20(29)28(2)23(27)32)14-25-22(31)19(12-15-6-4-3-5-7-15)26-21(30)16-8-10-17(24)11-9-16/h3-11,13,19H,12,14H2,1-2H3,(H,25,31)(H,26,30). The van der Waals surface area contributed by atoms with Gasteiger partial charge in [0.15, 0.2) is 0 Å². The van der Waals surface area contributed by atoms with Crippen molar-refractivity contribution in [3.05, 3.63) is 104 Å². The number of carbonyl (C=O) groups excluding carboxylic acids is 2. The van der Waals surface area contributed by atoms with E-state index in [0.717, 1.165) is 22.3 Å². The van der Waals surface area contributed by atoms with Crippen molar-refractivity contribution >= 4 is 11.8 Å². The van der Waals surface area contributed by atoms with Crippen LogP contribution in [-0.4, -0.2) is 27.0 Å². The molecule has 0 saturated carbocycles. The third-order valence-electron chi connectivity index (χ3n) is 5.08. The first kappa shape index (κ1) is 22.7. The molecule has 0 fully saturated rings. The molecular weight excluding hydrogens is 415 g/mol. The number of aromatic nitrogens is 2. The Labute approximate surface area is 183 Å². The first-order valence-electron chi connectivity index (χ1n) is 9.90. The largest absolute Gasteiger partial charge is 0.349 e. The molecule has 2 N–H and O–H groups in total. The van der Waals surface area contributed by atoms with Crippen LogP contribution in [0.25, 0.3) is 0 Å². The SMILES string of the molecule is Cn1c(CNC(=O)C(Cc2ccccc2)NC(=O)c2ccc(F)cc2)cc(=O)n(C)c1=O. The van der Waals surface area contributed by atoms with Crippen LogP contribution in [0, 0.1) is 5.82 Å². The molecular formula is C23H23FN4O4.